The molecule has 1 aromatic carbocycles. The van der Waals surface area contributed by atoms with Crippen molar-refractivity contribution in [1.82, 2.24) is 4.90 Å². The summed E-state index contributed by atoms with van der Waals surface area (Å²) < 4.78 is 11.8. The molecule has 1 aromatic heterocycles. The summed E-state index contributed by atoms with van der Waals surface area (Å²) in [5, 5.41) is 3.36. The van der Waals surface area contributed by atoms with Gasteiger partial charge in [-0.2, -0.15) is 0 Å². The lowest BCUT2D eigenvalue weighted by Crippen LogP contribution is -2.35. The average Bonchev–Trinajstić information content (AvgIpc) is 2.93. The number of morpholine rings is 1. The molecule has 0 atom stereocenters. The zero-order valence-corrected chi connectivity index (χ0v) is 13.4. The maximum atomic E-state index is 5.38. The van der Waals surface area contributed by atoms with Crippen LogP contribution in [-0.2, 0) is 17.8 Å². The normalized spacial score (nSPS) is 16.0. The first-order chi connectivity index (χ1) is 10.3. The highest BCUT2D eigenvalue weighted by atomic mass is 79.9. The summed E-state index contributed by atoms with van der Waals surface area (Å²) in [6, 6.07) is 10.5. The molecule has 1 N–H and O–H groups in total. The van der Waals surface area contributed by atoms with Gasteiger partial charge in [0.2, 0.25) is 0 Å². The molecule has 0 saturated carbocycles. The van der Waals surface area contributed by atoms with E-state index in [1.807, 2.05) is 6.07 Å². The van der Waals surface area contributed by atoms with Crippen LogP contribution in [0.1, 0.15) is 11.3 Å². The monoisotopic (exact) mass is 350 g/mol. The zero-order chi connectivity index (χ0) is 14.5. The third kappa shape index (κ3) is 4.09. The molecule has 3 rings (SSSR count). The molecule has 1 aliphatic heterocycles. The van der Waals surface area contributed by atoms with Crippen LogP contribution in [0.3, 0.4) is 0 Å². The van der Waals surface area contributed by atoms with Gasteiger partial charge in [-0.25, -0.2) is 0 Å². The third-order valence-corrected chi connectivity index (χ3v) is 4.31. The van der Waals surface area contributed by atoms with E-state index < -0.39 is 0 Å². The van der Waals surface area contributed by atoms with Gasteiger partial charge >= 0.3 is 0 Å². The number of anilines is 1. The van der Waals surface area contributed by atoms with E-state index in [-0.39, 0.29) is 0 Å². The highest BCUT2D eigenvalue weighted by Crippen LogP contribution is 2.19. The predicted molar refractivity (Wildman–Crippen MR) is 86.3 cm³/mol. The Morgan fingerprint density at radius 1 is 1.10 bits per heavy atom. The molecule has 0 amide bonds. The Balaban J connectivity index is 1.52. The van der Waals surface area contributed by atoms with E-state index in [4.69, 9.17) is 9.15 Å². The Morgan fingerprint density at radius 2 is 1.86 bits per heavy atom. The van der Waals surface area contributed by atoms with Crippen molar-refractivity contribution in [2.24, 2.45) is 0 Å². The molecule has 112 valence electrons. The van der Waals surface area contributed by atoms with Crippen LogP contribution < -0.4 is 5.32 Å². The fraction of sp³-hybridized carbons (Fsp3) is 0.375. The van der Waals surface area contributed by atoms with Crippen LogP contribution in [0, 0.1) is 0 Å². The third-order valence-electron chi connectivity index (χ3n) is 3.61. The first-order valence-electron chi connectivity index (χ1n) is 7.16. The standard InChI is InChI=1S/C16H19BrN2O2/c17-15-5-8-21-16(15)11-18-14-3-1-13(2-4-14)12-19-6-9-20-10-7-19/h1-5,8,18H,6-7,9-12H2. The lowest BCUT2D eigenvalue weighted by Gasteiger charge is -2.26. The fourth-order valence-electron chi connectivity index (χ4n) is 2.38. The van der Waals surface area contributed by atoms with Gasteiger partial charge in [0.25, 0.3) is 0 Å². The van der Waals surface area contributed by atoms with Crippen molar-refractivity contribution in [3.05, 3.63) is 52.4 Å². The molecular weight excluding hydrogens is 332 g/mol. The van der Waals surface area contributed by atoms with Gasteiger partial charge in [-0.1, -0.05) is 12.1 Å². The second-order valence-electron chi connectivity index (χ2n) is 5.13. The van der Waals surface area contributed by atoms with Gasteiger partial charge in [0.05, 0.1) is 30.5 Å². The van der Waals surface area contributed by atoms with E-state index in [0.717, 1.165) is 48.8 Å². The van der Waals surface area contributed by atoms with E-state index in [1.165, 1.54) is 5.56 Å². The summed E-state index contributed by atoms with van der Waals surface area (Å²) in [5.41, 5.74) is 2.44. The Morgan fingerprint density at radius 3 is 2.52 bits per heavy atom. The van der Waals surface area contributed by atoms with Crippen LogP contribution in [-0.4, -0.2) is 31.2 Å². The second-order valence-corrected chi connectivity index (χ2v) is 5.99. The van der Waals surface area contributed by atoms with Crippen molar-refractivity contribution in [3.8, 4) is 0 Å². The number of hydrogen-bond donors (Lipinski definition) is 1. The molecule has 5 heteroatoms. The maximum absolute atomic E-state index is 5.38. The number of benzene rings is 1. The summed E-state index contributed by atoms with van der Waals surface area (Å²) in [7, 11) is 0. The molecule has 0 spiro atoms. The van der Waals surface area contributed by atoms with E-state index >= 15 is 0 Å². The van der Waals surface area contributed by atoms with Gasteiger partial charge in [0.15, 0.2) is 0 Å². The van der Waals surface area contributed by atoms with Gasteiger partial charge in [0.1, 0.15) is 5.76 Å². The van der Waals surface area contributed by atoms with Crippen molar-refractivity contribution in [1.29, 1.82) is 0 Å². The molecule has 4 nitrogen and oxygen atoms in total. The summed E-state index contributed by atoms with van der Waals surface area (Å²) in [4.78, 5) is 2.42. The molecule has 1 fully saturated rings. The molecule has 2 heterocycles. The minimum Gasteiger partial charge on any atom is -0.466 e. The molecule has 0 unspecified atom stereocenters. The fourth-order valence-corrected chi connectivity index (χ4v) is 2.72. The smallest absolute Gasteiger partial charge is 0.136 e. The van der Waals surface area contributed by atoms with Crippen molar-refractivity contribution in [3.63, 3.8) is 0 Å². The Kier molecular flexibility index (Phi) is 4.95. The molecule has 2 aromatic rings. The topological polar surface area (TPSA) is 37.6 Å². The van der Waals surface area contributed by atoms with Gasteiger partial charge in [-0.15, -0.1) is 0 Å². The Hall–Kier alpha value is -1.30. The van der Waals surface area contributed by atoms with Crippen molar-refractivity contribution in [2.45, 2.75) is 13.1 Å². The Bertz CT molecular complexity index is 562. The van der Waals surface area contributed by atoms with Crippen LogP contribution in [0.25, 0.3) is 0 Å². The summed E-state index contributed by atoms with van der Waals surface area (Å²) in [6.45, 7) is 5.40. The number of nitrogens with zero attached hydrogens (tertiary/aromatic N) is 1. The predicted octanol–water partition coefficient (Wildman–Crippen LogP) is 3.49. The summed E-state index contributed by atoms with van der Waals surface area (Å²) >= 11 is 3.46. The van der Waals surface area contributed by atoms with E-state index in [1.54, 1.807) is 6.26 Å². The maximum Gasteiger partial charge on any atom is 0.136 e. The largest absolute Gasteiger partial charge is 0.466 e. The summed E-state index contributed by atoms with van der Waals surface area (Å²) in [5.74, 6) is 0.910. The average molecular weight is 351 g/mol. The quantitative estimate of drug-likeness (QED) is 0.895. The van der Waals surface area contributed by atoms with Crippen LogP contribution >= 0.6 is 15.9 Å². The second kappa shape index (κ2) is 7.11. The highest BCUT2D eigenvalue weighted by molar-refractivity contribution is 9.10. The van der Waals surface area contributed by atoms with E-state index in [0.29, 0.717) is 6.54 Å². The van der Waals surface area contributed by atoms with Crippen LogP contribution in [0.2, 0.25) is 0 Å². The Labute approximate surface area is 133 Å². The van der Waals surface area contributed by atoms with Crippen LogP contribution in [0.5, 0.6) is 0 Å². The van der Waals surface area contributed by atoms with Crippen molar-refractivity contribution in [2.75, 3.05) is 31.6 Å². The molecular formula is C16H19BrN2O2. The van der Waals surface area contributed by atoms with Crippen LogP contribution in [0.15, 0.2) is 45.5 Å². The van der Waals surface area contributed by atoms with Crippen LogP contribution in [0.4, 0.5) is 5.69 Å². The number of ether oxygens (including phenoxy) is 1. The molecule has 0 aliphatic carbocycles. The zero-order valence-electron chi connectivity index (χ0n) is 11.8. The van der Waals surface area contributed by atoms with Crippen molar-refractivity contribution < 1.29 is 9.15 Å². The van der Waals surface area contributed by atoms with Gasteiger partial charge in [-0.3, -0.25) is 4.90 Å². The first-order valence-corrected chi connectivity index (χ1v) is 7.95. The number of hydrogen-bond acceptors (Lipinski definition) is 4. The molecule has 1 aliphatic rings. The highest BCUT2D eigenvalue weighted by Gasteiger charge is 2.10. The minimum atomic E-state index is 0.677. The minimum absolute atomic E-state index is 0.677. The molecule has 21 heavy (non-hydrogen) atoms. The lowest BCUT2D eigenvalue weighted by molar-refractivity contribution is 0.0342. The first kappa shape index (κ1) is 14.6. The number of furan rings is 1. The van der Waals surface area contributed by atoms with Gasteiger partial charge in [-0.05, 0) is 39.7 Å². The molecule has 0 bridgehead atoms. The van der Waals surface area contributed by atoms with Gasteiger partial charge in [0, 0.05) is 25.3 Å². The van der Waals surface area contributed by atoms with Crippen molar-refractivity contribution >= 4 is 21.6 Å². The summed E-state index contributed by atoms with van der Waals surface area (Å²) in [6.07, 6.45) is 1.69. The number of rotatable bonds is 5. The van der Waals surface area contributed by atoms with E-state index in [2.05, 4.69) is 50.4 Å². The molecule has 1 saturated heterocycles. The molecule has 0 radical (unpaired) electrons. The number of halogens is 1. The SMILES string of the molecule is Brc1ccoc1CNc1ccc(CN2CCOCC2)cc1. The van der Waals surface area contributed by atoms with E-state index in [9.17, 15) is 0 Å². The number of nitrogens with one attached hydrogen (secondary N) is 1. The lowest BCUT2D eigenvalue weighted by atomic mass is 10.2. The van der Waals surface area contributed by atoms with Gasteiger partial charge < -0.3 is 14.5 Å².